The van der Waals surface area contributed by atoms with Crippen LogP contribution in [-0.2, 0) is 19.1 Å². The van der Waals surface area contributed by atoms with Crippen molar-refractivity contribution in [3.8, 4) is 0 Å². The molecule has 110 valence electrons. The second-order valence-electron chi connectivity index (χ2n) is 5.82. The van der Waals surface area contributed by atoms with Crippen LogP contribution >= 0.6 is 11.8 Å². The average molecular weight is 288 g/mol. The Morgan fingerprint density at radius 2 is 1.74 bits per heavy atom. The minimum Gasteiger partial charge on any atom is -0.461 e. The van der Waals surface area contributed by atoms with Crippen molar-refractivity contribution in [3.63, 3.8) is 0 Å². The molecular weight excluding hydrogens is 264 g/mol. The highest BCUT2D eigenvalue weighted by molar-refractivity contribution is 7.98. The molecule has 0 heterocycles. The van der Waals surface area contributed by atoms with Crippen molar-refractivity contribution in [1.82, 2.24) is 0 Å². The Morgan fingerprint density at radius 3 is 2.16 bits per heavy atom. The topological polar surface area (TPSA) is 52.6 Å². The molecule has 0 radical (unpaired) electrons. The minimum absolute atomic E-state index is 0.0210. The molecule has 0 atom stereocenters. The Morgan fingerprint density at radius 1 is 1.21 bits per heavy atom. The van der Waals surface area contributed by atoms with Gasteiger partial charge in [-0.1, -0.05) is 6.58 Å². The number of esters is 2. The molecule has 0 amide bonds. The summed E-state index contributed by atoms with van der Waals surface area (Å²) >= 11 is 1.61. The Kier molecular flexibility index (Phi) is 6.63. The van der Waals surface area contributed by atoms with Gasteiger partial charge in [0.25, 0.3) is 0 Å². The normalized spacial score (nSPS) is 11.9. The van der Waals surface area contributed by atoms with E-state index in [1.807, 2.05) is 20.1 Å². The molecule has 0 spiro atoms. The Bertz CT molecular complexity index is 358. The number of hydrogen-bond acceptors (Lipinski definition) is 5. The maximum Gasteiger partial charge on any atom is 0.333 e. The van der Waals surface area contributed by atoms with E-state index in [1.54, 1.807) is 32.5 Å². The molecule has 0 unspecified atom stereocenters. The van der Waals surface area contributed by atoms with Gasteiger partial charge in [-0.3, -0.25) is 4.79 Å². The molecule has 0 saturated heterocycles. The van der Waals surface area contributed by atoms with Crippen molar-refractivity contribution in [1.29, 1.82) is 0 Å². The van der Waals surface area contributed by atoms with Crippen molar-refractivity contribution >= 4 is 23.7 Å². The van der Waals surface area contributed by atoms with E-state index in [0.717, 1.165) is 0 Å². The molecule has 0 aromatic heterocycles. The summed E-state index contributed by atoms with van der Waals surface area (Å²) in [7, 11) is 0. The molecule has 0 bridgehead atoms. The maximum atomic E-state index is 12.1. The summed E-state index contributed by atoms with van der Waals surface area (Å²) in [4.78, 5) is 23.4. The number of hydrogen-bond donors (Lipinski definition) is 0. The van der Waals surface area contributed by atoms with Crippen molar-refractivity contribution in [2.45, 2.75) is 40.2 Å². The Hall–Kier alpha value is -0.970. The van der Waals surface area contributed by atoms with Crippen molar-refractivity contribution < 1.29 is 19.1 Å². The first kappa shape index (κ1) is 18.0. The molecular formula is C14H24O4S. The lowest BCUT2D eigenvalue weighted by atomic mass is 9.94. The minimum atomic E-state index is -0.874. The SMILES string of the molecule is C=C(C)C(=O)OCC(C)(C)C(=O)OC(C)(C)CSC. The van der Waals surface area contributed by atoms with Crippen LogP contribution in [0.1, 0.15) is 34.6 Å². The van der Waals surface area contributed by atoms with E-state index in [-0.39, 0.29) is 12.6 Å². The fraction of sp³-hybridized carbons (Fsp3) is 0.714. The molecule has 19 heavy (non-hydrogen) atoms. The highest BCUT2D eigenvalue weighted by Gasteiger charge is 2.35. The zero-order valence-corrected chi connectivity index (χ0v) is 13.5. The molecule has 0 fully saturated rings. The van der Waals surface area contributed by atoms with Crippen LogP contribution in [0.15, 0.2) is 12.2 Å². The number of carbonyl (C=O) groups excluding carboxylic acids is 2. The maximum absolute atomic E-state index is 12.1. The Balaban J connectivity index is 4.52. The van der Waals surface area contributed by atoms with Gasteiger partial charge in [-0.15, -0.1) is 0 Å². The molecule has 5 heteroatoms. The van der Waals surface area contributed by atoms with Gasteiger partial charge in [0.1, 0.15) is 12.2 Å². The first-order chi connectivity index (χ1) is 8.52. The highest BCUT2D eigenvalue weighted by atomic mass is 32.2. The summed E-state index contributed by atoms with van der Waals surface area (Å²) in [5, 5.41) is 0. The molecule has 4 nitrogen and oxygen atoms in total. The average Bonchev–Trinajstić information content (AvgIpc) is 2.24. The molecule has 0 aliphatic heterocycles. The Labute approximate surface area is 119 Å². The van der Waals surface area contributed by atoms with Crippen molar-refractivity contribution in [2.75, 3.05) is 18.6 Å². The van der Waals surface area contributed by atoms with Gasteiger partial charge in [-0.25, -0.2) is 4.79 Å². The molecule has 0 aromatic rings. The monoisotopic (exact) mass is 288 g/mol. The zero-order chi connectivity index (χ0) is 15.3. The van der Waals surface area contributed by atoms with E-state index in [0.29, 0.717) is 11.3 Å². The van der Waals surface area contributed by atoms with Crippen LogP contribution in [0.2, 0.25) is 0 Å². The van der Waals surface area contributed by atoms with Crippen LogP contribution in [-0.4, -0.2) is 36.2 Å². The van der Waals surface area contributed by atoms with Crippen LogP contribution in [0.4, 0.5) is 0 Å². The van der Waals surface area contributed by atoms with Gasteiger partial charge in [0.15, 0.2) is 0 Å². The van der Waals surface area contributed by atoms with E-state index in [4.69, 9.17) is 9.47 Å². The number of rotatable bonds is 7. The third-order valence-corrected chi connectivity index (χ3v) is 3.31. The molecule has 0 N–H and O–H groups in total. The lowest BCUT2D eigenvalue weighted by Crippen LogP contribution is -2.40. The summed E-state index contributed by atoms with van der Waals surface area (Å²) in [5.74, 6) is -0.161. The van der Waals surface area contributed by atoms with E-state index in [2.05, 4.69) is 6.58 Å². The zero-order valence-electron chi connectivity index (χ0n) is 12.7. The van der Waals surface area contributed by atoms with E-state index >= 15 is 0 Å². The molecule has 0 rings (SSSR count). The van der Waals surface area contributed by atoms with Crippen LogP contribution in [0.5, 0.6) is 0 Å². The number of thioether (sulfide) groups is 1. The summed E-state index contributed by atoms with van der Waals surface area (Å²) < 4.78 is 10.5. The molecule has 0 aromatic carbocycles. The van der Waals surface area contributed by atoms with Crippen molar-refractivity contribution in [3.05, 3.63) is 12.2 Å². The van der Waals surface area contributed by atoms with Gasteiger partial charge < -0.3 is 9.47 Å². The van der Waals surface area contributed by atoms with Crippen LogP contribution in [0.3, 0.4) is 0 Å². The van der Waals surface area contributed by atoms with Crippen LogP contribution < -0.4 is 0 Å². The largest absolute Gasteiger partial charge is 0.461 e. The summed E-state index contributed by atoms with van der Waals surface area (Å²) in [5.41, 5.74) is -1.10. The second kappa shape index (κ2) is 6.98. The molecule has 0 saturated carbocycles. The van der Waals surface area contributed by atoms with Crippen LogP contribution in [0, 0.1) is 5.41 Å². The summed E-state index contributed by atoms with van der Waals surface area (Å²) in [6.07, 6.45) is 1.95. The number of ether oxygens (including phenoxy) is 2. The van der Waals surface area contributed by atoms with Gasteiger partial charge >= 0.3 is 11.9 Å². The van der Waals surface area contributed by atoms with Crippen LogP contribution in [0.25, 0.3) is 0 Å². The van der Waals surface area contributed by atoms with E-state index in [9.17, 15) is 9.59 Å². The quantitative estimate of drug-likeness (QED) is 0.532. The van der Waals surface area contributed by atoms with Gasteiger partial charge in [-0.05, 0) is 40.9 Å². The first-order valence-electron chi connectivity index (χ1n) is 6.07. The lowest BCUT2D eigenvalue weighted by molar-refractivity contribution is -0.169. The predicted octanol–water partition coefficient (Wildman–Crippen LogP) is 2.82. The van der Waals surface area contributed by atoms with Gasteiger partial charge in [0.2, 0.25) is 0 Å². The van der Waals surface area contributed by atoms with Gasteiger partial charge in [0, 0.05) is 11.3 Å². The highest BCUT2D eigenvalue weighted by Crippen LogP contribution is 2.24. The van der Waals surface area contributed by atoms with Gasteiger partial charge in [-0.2, -0.15) is 11.8 Å². The fourth-order valence-corrected chi connectivity index (χ4v) is 1.95. The third kappa shape index (κ3) is 6.66. The second-order valence-corrected chi connectivity index (χ2v) is 6.69. The van der Waals surface area contributed by atoms with E-state index in [1.165, 1.54) is 0 Å². The smallest absolute Gasteiger partial charge is 0.333 e. The third-order valence-electron chi connectivity index (χ3n) is 2.33. The summed E-state index contributed by atoms with van der Waals surface area (Å²) in [6.45, 7) is 12.1. The predicted molar refractivity (Wildman–Crippen MR) is 78.1 cm³/mol. The number of carbonyl (C=O) groups is 2. The standard InChI is InChI=1S/C14H24O4S/c1-10(2)11(15)17-8-13(3,4)12(16)18-14(5,6)9-19-7/h1,8-9H2,2-7H3. The molecule has 0 aliphatic rings. The lowest BCUT2D eigenvalue weighted by Gasteiger charge is -2.30. The van der Waals surface area contributed by atoms with Gasteiger partial charge in [0.05, 0.1) is 5.41 Å². The molecule has 0 aliphatic carbocycles. The fourth-order valence-electron chi connectivity index (χ4n) is 1.19. The van der Waals surface area contributed by atoms with E-state index < -0.39 is 17.0 Å². The first-order valence-corrected chi connectivity index (χ1v) is 7.46. The van der Waals surface area contributed by atoms with Crippen molar-refractivity contribution in [2.24, 2.45) is 5.41 Å². The summed E-state index contributed by atoms with van der Waals surface area (Å²) in [6, 6.07) is 0.